The predicted octanol–water partition coefficient (Wildman–Crippen LogP) is 1.72. The molecule has 1 rings (SSSR count). The molecule has 1 saturated heterocycles. The molecule has 1 heterocycles. The molecular formula is C11H24N2. The second kappa shape index (κ2) is 4.43. The van der Waals surface area contributed by atoms with E-state index in [0.717, 1.165) is 12.5 Å². The topological polar surface area (TPSA) is 15.3 Å². The maximum Gasteiger partial charge on any atom is 0.0353 e. The molecule has 0 saturated carbocycles. The van der Waals surface area contributed by atoms with Crippen LogP contribution in [0.2, 0.25) is 0 Å². The monoisotopic (exact) mass is 184 g/mol. The van der Waals surface area contributed by atoms with E-state index in [9.17, 15) is 0 Å². The summed E-state index contributed by atoms with van der Waals surface area (Å²) < 4.78 is 0. The summed E-state index contributed by atoms with van der Waals surface area (Å²) >= 11 is 0. The molecule has 0 aromatic carbocycles. The van der Waals surface area contributed by atoms with E-state index in [0.29, 0.717) is 5.54 Å². The molecule has 1 aliphatic heterocycles. The van der Waals surface area contributed by atoms with E-state index in [2.05, 4.69) is 38.2 Å². The van der Waals surface area contributed by atoms with Gasteiger partial charge in [0.2, 0.25) is 0 Å². The fourth-order valence-corrected chi connectivity index (χ4v) is 2.66. The van der Waals surface area contributed by atoms with Crippen molar-refractivity contribution in [1.82, 2.24) is 10.2 Å². The smallest absolute Gasteiger partial charge is 0.0353 e. The summed E-state index contributed by atoms with van der Waals surface area (Å²) in [5.74, 6) is 0.741. The van der Waals surface area contributed by atoms with Crippen molar-refractivity contribution in [1.29, 1.82) is 0 Å². The molecule has 2 nitrogen and oxygen atoms in total. The Balaban J connectivity index is 2.73. The van der Waals surface area contributed by atoms with Crippen LogP contribution in [0.1, 0.15) is 33.1 Å². The first-order chi connectivity index (χ1) is 6.13. The highest BCUT2D eigenvalue weighted by atomic mass is 15.2. The number of hydrogen-bond acceptors (Lipinski definition) is 2. The van der Waals surface area contributed by atoms with Crippen LogP contribution in [0.15, 0.2) is 0 Å². The van der Waals surface area contributed by atoms with Gasteiger partial charge in [-0.05, 0) is 39.4 Å². The SMILES string of the molecule is CNCC1(C(C)C)CCCCN1C. The number of hydrogen-bond donors (Lipinski definition) is 1. The molecule has 0 radical (unpaired) electrons. The molecule has 2 heteroatoms. The van der Waals surface area contributed by atoms with Crippen molar-refractivity contribution >= 4 is 0 Å². The Morgan fingerprint density at radius 1 is 1.38 bits per heavy atom. The maximum absolute atomic E-state index is 3.35. The first-order valence-electron chi connectivity index (χ1n) is 5.49. The molecule has 1 unspecified atom stereocenters. The Morgan fingerprint density at radius 2 is 2.08 bits per heavy atom. The zero-order valence-electron chi connectivity index (χ0n) is 9.56. The average molecular weight is 184 g/mol. The summed E-state index contributed by atoms with van der Waals surface area (Å²) in [4.78, 5) is 2.55. The van der Waals surface area contributed by atoms with Crippen LogP contribution < -0.4 is 5.32 Å². The molecule has 1 atom stereocenters. The van der Waals surface area contributed by atoms with Crippen LogP contribution in [0.5, 0.6) is 0 Å². The quantitative estimate of drug-likeness (QED) is 0.718. The molecule has 1 fully saturated rings. The maximum atomic E-state index is 3.35. The predicted molar refractivity (Wildman–Crippen MR) is 58.0 cm³/mol. The van der Waals surface area contributed by atoms with Crippen LogP contribution in [0.3, 0.4) is 0 Å². The molecule has 13 heavy (non-hydrogen) atoms. The van der Waals surface area contributed by atoms with Gasteiger partial charge in [0.25, 0.3) is 0 Å². The van der Waals surface area contributed by atoms with Gasteiger partial charge in [-0.3, -0.25) is 4.90 Å². The zero-order valence-corrected chi connectivity index (χ0v) is 9.56. The summed E-state index contributed by atoms with van der Waals surface area (Å²) in [6.45, 7) is 7.08. The van der Waals surface area contributed by atoms with E-state index in [1.165, 1.54) is 25.8 Å². The van der Waals surface area contributed by atoms with Crippen molar-refractivity contribution in [3.05, 3.63) is 0 Å². The lowest BCUT2D eigenvalue weighted by Crippen LogP contribution is -2.58. The number of likely N-dealkylation sites (tertiary alicyclic amines) is 1. The minimum Gasteiger partial charge on any atom is -0.318 e. The summed E-state index contributed by atoms with van der Waals surface area (Å²) in [6.07, 6.45) is 4.11. The summed E-state index contributed by atoms with van der Waals surface area (Å²) in [7, 11) is 4.34. The Hall–Kier alpha value is -0.0800. The molecular weight excluding hydrogens is 160 g/mol. The Labute approximate surface area is 82.7 Å². The molecule has 0 bridgehead atoms. The first-order valence-corrected chi connectivity index (χ1v) is 5.49. The molecule has 1 N–H and O–H groups in total. The Bertz CT molecular complexity index is 152. The lowest BCUT2D eigenvalue weighted by molar-refractivity contribution is 0.0324. The highest BCUT2D eigenvalue weighted by Crippen LogP contribution is 2.32. The van der Waals surface area contributed by atoms with Crippen LogP contribution >= 0.6 is 0 Å². The van der Waals surface area contributed by atoms with Gasteiger partial charge in [0, 0.05) is 12.1 Å². The van der Waals surface area contributed by atoms with E-state index in [1.54, 1.807) is 0 Å². The molecule has 0 spiro atoms. The van der Waals surface area contributed by atoms with Gasteiger partial charge in [-0.1, -0.05) is 20.3 Å². The van der Waals surface area contributed by atoms with Crippen molar-refractivity contribution in [3.63, 3.8) is 0 Å². The molecule has 0 amide bonds. The van der Waals surface area contributed by atoms with Gasteiger partial charge in [0.05, 0.1) is 0 Å². The van der Waals surface area contributed by atoms with E-state index in [-0.39, 0.29) is 0 Å². The third kappa shape index (κ3) is 2.05. The third-order valence-electron chi connectivity index (χ3n) is 3.67. The summed E-state index contributed by atoms with van der Waals surface area (Å²) in [6, 6.07) is 0. The normalized spacial score (nSPS) is 31.2. The lowest BCUT2D eigenvalue weighted by atomic mass is 9.78. The summed E-state index contributed by atoms with van der Waals surface area (Å²) in [5, 5.41) is 3.35. The number of nitrogens with zero attached hydrogens (tertiary/aromatic N) is 1. The van der Waals surface area contributed by atoms with Crippen LogP contribution in [-0.2, 0) is 0 Å². The fourth-order valence-electron chi connectivity index (χ4n) is 2.66. The molecule has 1 aliphatic rings. The Morgan fingerprint density at radius 3 is 2.54 bits per heavy atom. The number of likely N-dealkylation sites (N-methyl/N-ethyl adjacent to an activating group) is 2. The standard InChI is InChI=1S/C11H24N2/c1-10(2)11(9-12-3)7-5-6-8-13(11)4/h10,12H,5-9H2,1-4H3. The van der Waals surface area contributed by atoms with Crippen LogP contribution in [0.4, 0.5) is 0 Å². The second-order valence-corrected chi connectivity index (χ2v) is 4.67. The average Bonchev–Trinajstić information content (AvgIpc) is 2.09. The highest BCUT2D eigenvalue weighted by molar-refractivity contribution is 4.96. The van der Waals surface area contributed by atoms with E-state index in [4.69, 9.17) is 0 Å². The van der Waals surface area contributed by atoms with Crippen LogP contribution in [0.25, 0.3) is 0 Å². The van der Waals surface area contributed by atoms with Gasteiger partial charge in [-0.2, -0.15) is 0 Å². The molecule has 0 aromatic heterocycles. The highest BCUT2D eigenvalue weighted by Gasteiger charge is 2.38. The Kier molecular flexibility index (Phi) is 3.74. The first kappa shape index (κ1) is 11.0. The zero-order chi connectivity index (χ0) is 9.90. The van der Waals surface area contributed by atoms with E-state index >= 15 is 0 Å². The third-order valence-corrected chi connectivity index (χ3v) is 3.67. The van der Waals surface area contributed by atoms with Crippen molar-refractivity contribution in [2.45, 2.75) is 38.6 Å². The van der Waals surface area contributed by atoms with Crippen molar-refractivity contribution in [2.75, 3.05) is 27.2 Å². The van der Waals surface area contributed by atoms with E-state index < -0.39 is 0 Å². The van der Waals surface area contributed by atoms with Gasteiger partial charge < -0.3 is 5.32 Å². The second-order valence-electron chi connectivity index (χ2n) is 4.67. The molecule has 78 valence electrons. The molecule has 0 aromatic rings. The fraction of sp³-hybridized carbons (Fsp3) is 1.00. The van der Waals surface area contributed by atoms with Crippen molar-refractivity contribution in [3.8, 4) is 0 Å². The van der Waals surface area contributed by atoms with Gasteiger partial charge in [0.1, 0.15) is 0 Å². The van der Waals surface area contributed by atoms with Gasteiger partial charge in [0.15, 0.2) is 0 Å². The van der Waals surface area contributed by atoms with Crippen LogP contribution in [0, 0.1) is 5.92 Å². The van der Waals surface area contributed by atoms with Crippen molar-refractivity contribution < 1.29 is 0 Å². The molecule has 0 aliphatic carbocycles. The van der Waals surface area contributed by atoms with Gasteiger partial charge in [-0.25, -0.2) is 0 Å². The van der Waals surface area contributed by atoms with Gasteiger partial charge in [-0.15, -0.1) is 0 Å². The largest absolute Gasteiger partial charge is 0.318 e. The van der Waals surface area contributed by atoms with Crippen molar-refractivity contribution in [2.24, 2.45) is 5.92 Å². The lowest BCUT2D eigenvalue weighted by Gasteiger charge is -2.48. The van der Waals surface area contributed by atoms with Crippen LogP contribution in [-0.4, -0.2) is 37.6 Å². The van der Waals surface area contributed by atoms with E-state index in [1.807, 2.05) is 0 Å². The number of piperidine rings is 1. The summed E-state index contributed by atoms with van der Waals surface area (Å²) in [5.41, 5.74) is 0.410. The van der Waals surface area contributed by atoms with Gasteiger partial charge >= 0.3 is 0 Å². The number of rotatable bonds is 3. The minimum absolute atomic E-state index is 0.410. The minimum atomic E-state index is 0.410. The number of nitrogens with one attached hydrogen (secondary N) is 1.